The van der Waals surface area contributed by atoms with Crippen LogP contribution in [-0.4, -0.2) is 44.1 Å². The van der Waals surface area contributed by atoms with E-state index in [1.165, 1.54) is 12.4 Å². The van der Waals surface area contributed by atoms with Gasteiger partial charge in [0.1, 0.15) is 17.5 Å². The van der Waals surface area contributed by atoms with Crippen molar-refractivity contribution in [1.82, 2.24) is 30.2 Å². The summed E-state index contributed by atoms with van der Waals surface area (Å²) in [5.41, 5.74) is 0.937. The van der Waals surface area contributed by atoms with Gasteiger partial charge in [0.2, 0.25) is 5.95 Å². The quantitative estimate of drug-likeness (QED) is 0.314. The summed E-state index contributed by atoms with van der Waals surface area (Å²) in [5, 5.41) is 19.7. The zero-order chi connectivity index (χ0) is 25.3. The molecule has 2 atom stereocenters. The van der Waals surface area contributed by atoms with E-state index in [4.69, 9.17) is 0 Å². The Bertz CT molecular complexity index is 1420. The van der Waals surface area contributed by atoms with E-state index >= 15 is 0 Å². The van der Waals surface area contributed by atoms with Crippen LogP contribution in [0.2, 0.25) is 0 Å². The number of aromatic amines is 1. The van der Waals surface area contributed by atoms with Crippen LogP contribution in [-0.2, 0) is 6.18 Å². The fourth-order valence-electron chi connectivity index (χ4n) is 4.10. The Balaban J connectivity index is 1.40. The van der Waals surface area contributed by atoms with Crippen molar-refractivity contribution in [2.24, 2.45) is 0 Å². The third-order valence-electron chi connectivity index (χ3n) is 6.07. The second-order valence-electron chi connectivity index (χ2n) is 8.56. The molecule has 1 fully saturated rings. The monoisotopic (exact) mass is 493 g/mol. The molecule has 12 heteroatoms. The molecule has 36 heavy (non-hydrogen) atoms. The highest BCUT2D eigenvalue weighted by atomic mass is 19.4. The van der Waals surface area contributed by atoms with Crippen LogP contribution < -0.4 is 16.0 Å². The molecular formula is C24H22F3N9. The van der Waals surface area contributed by atoms with Crippen molar-refractivity contribution in [3.63, 3.8) is 0 Å². The van der Waals surface area contributed by atoms with Crippen LogP contribution in [0.15, 0.2) is 43.0 Å². The number of nitriles is 1. The summed E-state index contributed by atoms with van der Waals surface area (Å²) in [5.74, 6) is 1.02. The standard InChI is InChI=1S/C24H22F3N9/c1-13(14-2-3-20(30-8-14)35-17-4-5-29-11-17)34-23-33-9-15(7-28)21(36-23)19-12-32-22-18(19)6-16(10-31-22)24(25,26)27/h2-3,6,8-10,12-13,17,29H,4-5,11H2,1H3,(H,30,35)(H,31,32)(H,33,34,36)/t13?,17-/m0/s1. The molecule has 0 spiro atoms. The smallest absolute Gasteiger partial charge is 0.366 e. The van der Waals surface area contributed by atoms with Gasteiger partial charge in [0, 0.05) is 42.1 Å². The van der Waals surface area contributed by atoms with Crippen LogP contribution in [0, 0.1) is 11.3 Å². The number of anilines is 2. The van der Waals surface area contributed by atoms with E-state index in [0.29, 0.717) is 11.6 Å². The largest absolute Gasteiger partial charge is 0.417 e. The van der Waals surface area contributed by atoms with Crippen molar-refractivity contribution in [3.05, 3.63) is 59.7 Å². The minimum atomic E-state index is -4.55. The van der Waals surface area contributed by atoms with Gasteiger partial charge in [0.15, 0.2) is 0 Å². The number of alkyl halides is 3. The number of rotatable bonds is 6. The number of fused-ring (bicyclic) bond motifs is 1. The predicted molar refractivity (Wildman–Crippen MR) is 128 cm³/mol. The lowest BCUT2D eigenvalue weighted by molar-refractivity contribution is -0.137. The Morgan fingerprint density at radius 2 is 2.03 bits per heavy atom. The van der Waals surface area contributed by atoms with E-state index in [1.807, 2.05) is 25.1 Å². The highest BCUT2D eigenvalue weighted by molar-refractivity contribution is 5.94. The number of nitrogens with one attached hydrogen (secondary N) is 4. The minimum Gasteiger partial charge on any atom is -0.366 e. The van der Waals surface area contributed by atoms with E-state index in [2.05, 4.69) is 40.9 Å². The molecule has 1 aliphatic rings. The Hall–Kier alpha value is -4.24. The third kappa shape index (κ3) is 4.78. The van der Waals surface area contributed by atoms with E-state index in [9.17, 15) is 18.4 Å². The number of halogens is 3. The summed E-state index contributed by atoms with van der Waals surface area (Å²) in [6, 6.07) is 7.00. The van der Waals surface area contributed by atoms with Crippen molar-refractivity contribution >= 4 is 22.8 Å². The summed E-state index contributed by atoms with van der Waals surface area (Å²) in [6.07, 6.45) is 1.86. The van der Waals surface area contributed by atoms with E-state index < -0.39 is 11.7 Å². The highest BCUT2D eigenvalue weighted by Gasteiger charge is 2.31. The van der Waals surface area contributed by atoms with Crippen molar-refractivity contribution in [3.8, 4) is 17.3 Å². The van der Waals surface area contributed by atoms with Gasteiger partial charge in [0.25, 0.3) is 0 Å². The van der Waals surface area contributed by atoms with E-state index in [1.54, 1.807) is 6.20 Å². The summed E-state index contributed by atoms with van der Waals surface area (Å²) in [4.78, 5) is 19.9. The fraction of sp³-hybridized carbons (Fsp3) is 0.292. The first-order valence-corrected chi connectivity index (χ1v) is 11.3. The highest BCUT2D eigenvalue weighted by Crippen LogP contribution is 2.35. The average Bonchev–Trinajstić information content (AvgIpc) is 3.53. The zero-order valence-electron chi connectivity index (χ0n) is 19.2. The molecule has 0 radical (unpaired) electrons. The Kier molecular flexibility index (Phi) is 6.15. The molecule has 0 saturated carbocycles. The van der Waals surface area contributed by atoms with Crippen LogP contribution in [0.4, 0.5) is 24.9 Å². The number of H-pyrrole nitrogens is 1. The van der Waals surface area contributed by atoms with E-state index in [-0.39, 0.29) is 34.3 Å². The molecule has 184 valence electrons. The Labute approximate surface area is 204 Å². The van der Waals surface area contributed by atoms with Crippen LogP contribution in [0.3, 0.4) is 0 Å². The van der Waals surface area contributed by atoms with Crippen LogP contribution in [0.25, 0.3) is 22.3 Å². The molecule has 9 nitrogen and oxygen atoms in total. The molecule has 1 aliphatic heterocycles. The van der Waals surface area contributed by atoms with Crippen molar-refractivity contribution < 1.29 is 13.2 Å². The Morgan fingerprint density at radius 3 is 2.72 bits per heavy atom. The molecule has 0 aromatic carbocycles. The number of hydrogen-bond acceptors (Lipinski definition) is 8. The average molecular weight is 493 g/mol. The first-order valence-electron chi connectivity index (χ1n) is 11.3. The van der Waals surface area contributed by atoms with Gasteiger partial charge in [-0.25, -0.2) is 19.9 Å². The molecule has 4 aromatic rings. The van der Waals surface area contributed by atoms with Gasteiger partial charge < -0.3 is 20.9 Å². The number of pyridine rings is 2. The van der Waals surface area contributed by atoms with Crippen LogP contribution >= 0.6 is 0 Å². The maximum absolute atomic E-state index is 13.2. The van der Waals surface area contributed by atoms with E-state index in [0.717, 1.165) is 43.2 Å². The lowest BCUT2D eigenvalue weighted by Crippen LogP contribution is -2.22. The first-order chi connectivity index (χ1) is 17.3. The maximum Gasteiger partial charge on any atom is 0.417 e. The predicted octanol–water partition coefficient (Wildman–Crippen LogP) is 4.25. The van der Waals surface area contributed by atoms with Crippen LogP contribution in [0.1, 0.15) is 36.1 Å². The molecule has 0 aliphatic carbocycles. The zero-order valence-corrected chi connectivity index (χ0v) is 19.2. The van der Waals surface area contributed by atoms with Crippen molar-refractivity contribution in [2.45, 2.75) is 31.6 Å². The normalized spacial score (nSPS) is 16.6. The summed E-state index contributed by atoms with van der Waals surface area (Å²) in [7, 11) is 0. The molecule has 5 rings (SSSR count). The van der Waals surface area contributed by atoms with Crippen molar-refractivity contribution in [2.75, 3.05) is 23.7 Å². The molecular weight excluding hydrogens is 471 g/mol. The second-order valence-corrected chi connectivity index (χ2v) is 8.56. The van der Waals surface area contributed by atoms with Gasteiger partial charge in [-0.2, -0.15) is 18.4 Å². The van der Waals surface area contributed by atoms with Gasteiger partial charge in [0.05, 0.1) is 29.1 Å². The molecule has 0 amide bonds. The minimum absolute atomic E-state index is 0.130. The molecule has 1 saturated heterocycles. The van der Waals surface area contributed by atoms with Gasteiger partial charge in [-0.05, 0) is 37.6 Å². The number of aromatic nitrogens is 5. The molecule has 1 unspecified atom stereocenters. The molecule has 5 heterocycles. The van der Waals surface area contributed by atoms with Crippen molar-refractivity contribution in [1.29, 1.82) is 5.26 Å². The fourth-order valence-corrected chi connectivity index (χ4v) is 4.10. The summed E-state index contributed by atoms with van der Waals surface area (Å²) < 4.78 is 39.7. The van der Waals surface area contributed by atoms with Gasteiger partial charge in [-0.15, -0.1) is 0 Å². The molecule has 4 N–H and O–H groups in total. The van der Waals surface area contributed by atoms with Gasteiger partial charge in [-0.1, -0.05) is 6.07 Å². The maximum atomic E-state index is 13.2. The number of hydrogen-bond donors (Lipinski definition) is 4. The van der Waals surface area contributed by atoms with Crippen LogP contribution in [0.5, 0.6) is 0 Å². The first kappa shape index (κ1) is 23.5. The number of nitrogens with zero attached hydrogens (tertiary/aromatic N) is 5. The Morgan fingerprint density at radius 1 is 1.17 bits per heavy atom. The second kappa shape index (κ2) is 9.43. The third-order valence-corrected chi connectivity index (χ3v) is 6.07. The molecule has 0 bridgehead atoms. The summed E-state index contributed by atoms with van der Waals surface area (Å²) >= 11 is 0. The summed E-state index contributed by atoms with van der Waals surface area (Å²) in [6.45, 7) is 3.81. The SMILES string of the molecule is CC(Nc1ncc(C#N)c(-c2c[nH]c3ncc(C(F)(F)F)cc23)n1)c1ccc(N[C@H]2CCNC2)nc1. The topological polar surface area (TPSA) is 127 Å². The lowest BCUT2D eigenvalue weighted by Gasteiger charge is -2.16. The van der Waals surface area contributed by atoms with Gasteiger partial charge in [-0.3, -0.25) is 0 Å². The molecule has 4 aromatic heterocycles. The van der Waals surface area contributed by atoms with Gasteiger partial charge >= 0.3 is 6.18 Å². The lowest BCUT2D eigenvalue weighted by atomic mass is 10.1.